The summed E-state index contributed by atoms with van der Waals surface area (Å²) in [6, 6.07) is 15.7. The molecule has 2 aromatic carbocycles. The number of pyridine rings is 1. The zero-order valence-electron chi connectivity index (χ0n) is 17.7. The van der Waals surface area contributed by atoms with Gasteiger partial charge in [0.15, 0.2) is 0 Å². The molecular weight excluding hydrogens is 393 g/mol. The number of hydrogen-bond acceptors (Lipinski definition) is 3. The van der Waals surface area contributed by atoms with Gasteiger partial charge in [0.05, 0.1) is 30.9 Å². The highest BCUT2D eigenvalue weighted by Crippen LogP contribution is 2.25. The van der Waals surface area contributed by atoms with Crippen LogP contribution in [0.25, 0.3) is 5.69 Å². The highest BCUT2D eigenvalue weighted by molar-refractivity contribution is 5.50. The van der Waals surface area contributed by atoms with Crippen molar-refractivity contribution in [1.29, 1.82) is 0 Å². The minimum absolute atomic E-state index is 0.0624. The molecule has 0 aliphatic heterocycles. The van der Waals surface area contributed by atoms with E-state index in [0.29, 0.717) is 17.7 Å². The van der Waals surface area contributed by atoms with E-state index in [9.17, 15) is 9.18 Å². The molecular formula is C25H24FN3O2. The van der Waals surface area contributed by atoms with Gasteiger partial charge in [0.25, 0.3) is 5.56 Å². The van der Waals surface area contributed by atoms with Gasteiger partial charge >= 0.3 is 0 Å². The Morgan fingerprint density at radius 2 is 1.90 bits per heavy atom. The van der Waals surface area contributed by atoms with Crippen molar-refractivity contribution in [2.75, 3.05) is 7.11 Å². The van der Waals surface area contributed by atoms with Gasteiger partial charge in [-0.15, -0.1) is 0 Å². The zero-order chi connectivity index (χ0) is 22.0. The third kappa shape index (κ3) is 4.28. The van der Waals surface area contributed by atoms with E-state index in [1.165, 1.54) is 12.1 Å². The summed E-state index contributed by atoms with van der Waals surface area (Å²) in [7, 11) is 1.63. The lowest BCUT2D eigenvalue weighted by Gasteiger charge is -2.17. The van der Waals surface area contributed by atoms with Crippen molar-refractivity contribution in [3.05, 3.63) is 112 Å². The molecule has 0 fully saturated rings. The third-order valence-electron chi connectivity index (χ3n) is 5.45. The molecule has 0 spiro atoms. The van der Waals surface area contributed by atoms with Crippen LogP contribution >= 0.6 is 0 Å². The number of halogens is 1. The van der Waals surface area contributed by atoms with Crippen LogP contribution in [0.1, 0.15) is 35.3 Å². The summed E-state index contributed by atoms with van der Waals surface area (Å²) < 4.78 is 22.4. The van der Waals surface area contributed by atoms with E-state index in [0.717, 1.165) is 22.5 Å². The van der Waals surface area contributed by atoms with Crippen LogP contribution in [0.15, 0.2) is 78.1 Å². The molecule has 0 amide bonds. The summed E-state index contributed by atoms with van der Waals surface area (Å²) >= 11 is 0. The number of aromatic nitrogens is 3. The SMILES string of the molecule is COc1cc(Cc2cccn(C(C)c3ccc(F)cc3)c2=O)ccc1-n1cnc(C)c1. The van der Waals surface area contributed by atoms with Gasteiger partial charge in [0.1, 0.15) is 11.6 Å². The molecule has 1 unspecified atom stereocenters. The fourth-order valence-corrected chi connectivity index (χ4v) is 3.72. The van der Waals surface area contributed by atoms with Crippen LogP contribution in [0, 0.1) is 12.7 Å². The molecule has 1 atom stereocenters. The molecule has 6 heteroatoms. The molecule has 0 aliphatic rings. The molecule has 0 saturated carbocycles. The average molecular weight is 417 g/mol. The van der Waals surface area contributed by atoms with Crippen molar-refractivity contribution in [2.24, 2.45) is 0 Å². The summed E-state index contributed by atoms with van der Waals surface area (Å²) in [5.41, 5.74) is 4.29. The van der Waals surface area contributed by atoms with Crippen LogP contribution in [0.5, 0.6) is 5.75 Å². The Hall–Kier alpha value is -3.67. The number of aryl methyl sites for hydroxylation is 1. The van der Waals surface area contributed by atoms with Crippen molar-refractivity contribution in [3.8, 4) is 11.4 Å². The first-order valence-corrected chi connectivity index (χ1v) is 10.1. The minimum Gasteiger partial charge on any atom is -0.495 e. The summed E-state index contributed by atoms with van der Waals surface area (Å²) in [5.74, 6) is 0.422. The number of imidazole rings is 1. The van der Waals surface area contributed by atoms with Crippen LogP contribution in [-0.4, -0.2) is 21.2 Å². The summed E-state index contributed by atoms with van der Waals surface area (Å²) in [5, 5.41) is 0. The van der Waals surface area contributed by atoms with Gasteiger partial charge in [-0.05, 0) is 55.3 Å². The third-order valence-corrected chi connectivity index (χ3v) is 5.45. The molecule has 0 saturated heterocycles. The van der Waals surface area contributed by atoms with Crippen LogP contribution < -0.4 is 10.3 Å². The molecule has 0 aliphatic carbocycles. The fraction of sp³-hybridized carbons (Fsp3) is 0.200. The lowest BCUT2D eigenvalue weighted by atomic mass is 10.0. The number of nitrogens with zero attached hydrogens (tertiary/aromatic N) is 3. The first kappa shape index (κ1) is 20.6. The minimum atomic E-state index is -0.291. The van der Waals surface area contributed by atoms with Gasteiger partial charge in [0, 0.05) is 24.4 Å². The van der Waals surface area contributed by atoms with Crippen LogP contribution in [0.3, 0.4) is 0 Å². The van der Waals surface area contributed by atoms with Gasteiger partial charge in [-0.1, -0.05) is 24.3 Å². The highest BCUT2D eigenvalue weighted by atomic mass is 19.1. The maximum Gasteiger partial charge on any atom is 0.254 e. The first-order valence-electron chi connectivity index (χ1n) is 10.1. The second-order valence-corrected chi connectivity index (χ2v) is 7.58. The molecule has 158 valence electrons. The topological polar surface area (TPSA) is 49.0 Å². The molecule has 2 heterocycles. The summed E-state index contributed by atoms with van der Waals surface area (Å²) in [6.45, 7) is 3.87. The number of benzene rings is 2. The smallest absolute Gasteiger partial charge is 0.254 e. The van der Waals surface area contributed by atoms with Gasteiger partial charge in [-0.3, -0.25) is 4.79 Å². The Bertz CT molecular complexity index is 1260. The van der Waals surface area contributed by atoms with Crippen LogP contribution in [-0.2, 0) is 6.42 Å². The van der Waals surface area contributed by atoms with Crippen molar-refractivity contribution in [3.63, 3.8) is 0 Å². The molecule has 31 heavy (non-hydrogen) atoms. The highest BCUT2D eigenvalue weighted by Gasteiger charge is 2.13. The number of rotatable bonds is 6. The molecule has 0 radical (unpaired) electrons. The maximum atomic E-state index is 13.3. The van der Waals surface area contributed by atoms with E-state index in [4.69, 9.17) is 4.74 Å². The fourth-order valence-electron chi connectivity index (χ4n) is 3.72. The van der Waals surface area contributed by atoms with Crippen molar-refractivity contribution >= 4 is 0 Å². The lowest BCUT2D eigenvalue weighted by molar-refractivity contribution is 0.412. The molecule has 2 aromatic heterocycles. The predicted molar refractivity (Wildman–Crippen MR) is 119 cm³/mol. The number of ether oxygens (including phenoxy) is 1. The van der Waals surface area contributed by atoms with Gasteiger partial charge in [-0.25, -0.2) is 9.37 Å². The average Bonchev–Trinajstić information content (AvgIpc) is 3.21. The maximum absolute atomic E-state index is 13.3. The Morgan fingerprint density at radius 1 is 1.13 bits per heavy atom. The molecule has 0 N–H and O–H groups in total. The lowest BCUT2D eigenvalue weighted by Crippen LogP contribution is -2.26. The second-order valence-electron chi connectivity index (χ2n) is 7.58. The number of hydrogen-bond donors (Lipinski definition) is 0. The van der Waals surface area contributed by atoms with Crippen LogP contribution in [0.2, 0.25) is 0 Å². The summed E-state index contributed by atoms with van der Waals surface area (Å²) in [4.78, 5) is 17.4. The van der Waals surface area contributed by atoms with Gasteiger partial charge < -0.3 is 13.9 Å². The van der Waals surface area contributed by atoms with Gasteiger partial charge in [0.2, 0.25) is 0 Å². The molecule has 5 nitrogen and oxygen atoms in total. The standard InChI is InChI=1S/C25H24FN3O2/c1-17-15-28(16-27-17)23-11-6-19(14-24(23)31-3)13-21-5-4-12-29(25(21)30)18(2)20-7-9-22(26)10-8-20/h4-12,14-16,18H,13H2,1-3H3. The zero-order valence-corrected chi connectivity index (χ0v) is 17.7. The Kier molecular flexibility index (Phi) is 5.71. The monoisotopic (exact) mass is 417 g/mol. The second kappa shape index (κ2) is 8.60. The van der Waals surface area contributed by atoms with E-state index >= 15 is 0 Å². The largest absolute Gasteiger partial charge is 0.495 e. The van der Waals surface area contributed by atoms with Gasteiger partial charge in [-0.2, -0.15) is 0 Å². The van der Waals surface area contributed by atoms with E-state index in [2.05, 4.69) is 4.98 Å². The Labute approximate surface area is 180 Å². The van der Waals surface area contributed by atoms with Crippen molar-refractivity contribution < 1.29 is 9.13 Å². The first-order chi connectivity index (χ1) is 15.0. The normalized spacial score (nSPS) is 12.0. The van der Waals surface area contributed by atoms with E-state index in [1.54, 1.807) is 36.3 Å². The van der Waals surface area contributed by atoms with E-state index in [-0.39, 0.29) is 17.4 Å². The summed E-state index contributed by atoms with van der Waals surface area (Å²) in [6.07, 6.45) is 5.93. The molecule has 4 aromatic rings. The van der Waals surface area contributed by atoms with E-state index in [1.807, 2.05) is 54.9 Å². The quantitative estimate of drug-likeness (QED) is 0.457. The number of methoxy groups -OCH3 is 1. The van der Waals surface area contributed by atoms with E-state index < -0.39 is 0 Å². The van der Waals surface area contributed by atoms with Crippen LogP contribution in [0.4, 0.5) is 4.39 Å². The van der Waals surface area contributed by atoms with Crippen molar-refractivity contribution in [1.82, 2.24) is 14.1 Å². The molecule has 0 bridgehead atoms. The predicted octanol–water partition coefficient (Wildman–Crippen LogP) is 4.69. The Morgan fingerprint density at radius 3 is 2.58 bits per heavy atom. The van der Waals surface area contributed by atoms with Crippen molar-refractivity contribution in [2.45, 2.75) is 26.3 Å². The Balaban J connectivity index is 1.63. The molecule has 4 rings (SSSR count).